The van der Waals surface area contributed by atoms with E-state index >= 15 is 0 Å². The van der Waals surface area contributed by atoms with Crippen LogP contribution in [0, 0.1) is 20.5 Å². The van der Waals surface area contributed by atoms with Gasteiger partial charge in [0.25, 0.3) is 0 Å². The summed E-state index contributed by atoms with van der Waals surface area (Å²) in [4.78, 5) is 4.53. The van der Waals surface area contributed by atoms with E-state index < -0.39 is 20.5 Å². The monoisotopic (exact) mass is 1220 g/mol. The van der Waals surface area contributed by atoms with E-state index in [0.717, 1.165) is 113 Å². The number of rotatable bonds is 14. The SMILES string of the molecule is COc1ccc2c(c1)-c1cc(OC)ccc1[N+]2=C/C=C/c1ccc(N(c2ccccc2)c2ccccc2)cc1.COc1ccc2c(c1)-c1cc(OC)ccc1[N+]2=C/C=C/c1ccc(N(c2ccccc2)c2ccccc2)cc1.[O-][Cl+3]([O-])([O-])[O-].[O-][Cl+3]([O-])([O-])[O-]. The van der Waals surface area contributed by atoms with E-state index in [1.54, 1.807) is 28.4 Å². The van der Waals surface area contributed by atoms with Crippen LogP contribution < -0.4 is 75.2 Å². The highest BCUT2D eigenvalue weighted by atomic mass is 35.7. The van der Waals surface area contributed by atoms with Crippen molar-refractivity contribution in [3.05, 3.63) is 266 Å². The van der Waals surface area contributed by atoms with Crippen molar-refractivity contribution in [3.63, 3.8) is 0 Å². The van der Waals surface area contributed by atoms with Gasteiger partial charge in [-0.1, -0.05) is 97.1 Å². The zero-order valence-corrected chi connectivity index (χ0v) is 49.5. The van der Waals surface area contributed by atoms with E-state index in [-0.39, 0.29) is 0 Å². The van der Waals surface area contributed by atoms with E-state index in [0.29, 0.717) is 0 Å². The summed E-state index contributed by atoms with van der Waals surface area (Å²) in [5.41, 5.74) is 17.9. The smallest absolute Gasteiger partial charge is 0.219 e. The third kappa shape index (κ3) is 16.3. The summed E-state index contributed by atoms with van der Waals surface area (Å²) in [5, 5.41) is 0. The van der Waals surface area contributed by atoms with Crippen molar-refractivity contribution < 1.29 is 76.7 Å². The lowest BCUT2D eigenvalue weighted by Crippen LogP contribution is -2.68. The highest BCUT2D eigenvalue weighted by molar-refractivity contribution is 6.00. The van der Waals surface area contributed by atoms with Crippen LogP contribution in [0.5, 0.6) is 23.0 Å². The van der Waals surface area contributed by atoms with Crippen molar-refractivity contribution >= 4 is 81.5 Å². The molecule has 0 atom stereocenters. The number of nitrogens with zero attached hydrogens (tertiary/aromatic N) is 4. The lowest BCUT2D eigenvalue weighted by Gasteiger charge is -2.25. The Morgan fingerprint density at radius 3 is 0.727 bits per heavy atom. The highest BCUT2D eigenvalue weighted by Gasteiger charge is 2.33. The molecule has 0 aromatic heterocycles. The maximum atomic E-state index is 8.49. The maximum Gasteiger partial charge on any atom is 0.219 e. The van der Waals surface area contributed by atoms with E-state index in [2.05, 4.69) is 250 Å². The van der Waals surface area contributed by atoms with Crippen LogP contribution in [-0.4, -0.2) is 40.9 Å². The fraction of sp³-hybridized carbons (Fsp3) is 0.0571. The molecule has 2 aliphatic rings. The first-order valence-corrected chi connectivity index (χ1v) is 29.6. The first-order chi connectivity index (χ1) is 42.5. The van der Waals surface area contributed by atoms with Crippen LogP contribution in [0.3, 0.4) is 0 Å². The number of hydrogen-bond acceptors (Lipinski definition) is 14. The molecule has 0 amide bonds. The summed E-state index contributed by atoms with van der Waals surface area (Å²) in [6.45, 7) is 0. The number of benzene rings is 10. The van der Waals surface area contributed by atoms with Gasteiger partial charge in [-0.2, -0.15) is 9.15 Å². The van der Waals surface area contributed by atoms with Crippen molar-refractivity contribution in [2.45, 2.75) is 0 Å². The summed E-state index contributed by atoms with van der Waals surface area (Å²) in [6, 6.07) is 83.7. The normalized spacial score (nSPS) is 11.7. The quantitative estimate of drug-likeness (QED) is 0.0938. The third-order valence-electron chi connectivity index (χ3n) is 13.8. The number of ether oxygens (including phenoxy) is 4. The second kappa shape index (κ2) is 29.0. The van der Waals surface area contributed by atoms with Gasteiger partial charge in [-0.05, 0) is 145 Å². The molecular formula is C70H58Cl2N4O12. The van der Waals surface area contributed by atoms with Crippen LogP contribution in [0.25, 0.3) is 34.4 Å². The van der Waals surface area contributed by atoms with E-state index in [9.17, 15) is 0 Å². The maximum absolute atomic E-state index is 8.49. The molecule has 0 bridgehead atoms. The van der Waals surface area contributed by atoms with Gasteiger partial charge in [0, 0.05) is 70.5 Å². The number of halogens is 2. The fourth-order valence-corrected chi connectivity index (χ4v) is 10.0. The molecule has 0 fully saturated rings. The van der Waals surface area contributed by atoms with Gasteiger partial charge < -0.3 is 28.7 Å². The van der Waals surface area contributed by atoms with Crippen LogP contribution in [-0.2, 0) is 0 Å². The topological polar surface area (TPSA) is 234 Å². The summed E-state index contributed by atoms with van der Waals surface area (Å²) < 4.78 is 94.3. The van der Waals surface area contributed by atoms with Crippen LogP contribution >= 0.6 is 0 Å². The lowest BCUT2D eigenvalue weighted by atomic mass is 10.1. The number of anilines is 6. The fourth-order valence-electron chi connectivity index (χ4n) is 10.0. The predicted octanol–water partition coefficient (Wildman–Crippen LogP) is 8.03. The molecule has 88 heavy (non-hydrogen) atoms. The van der Waals surface area contributed by atoms with Gasteiger partial charge in [0.1, 0.15) is 23.0 Å². The molecule has 18 heteroatoms. The van der Waals surface area contributed by atoms with Crippen LogP contribution in [0.1, 0.15) is 11.1 Å². The first-order valence-electron chi connectivity index (χ1n) is 27.1. The molecule has 0 aliphatic carbocycles. The van der Waals surface area contributed by atoms with Crippen LogP contribution in [0.4, 0.5) is 56.9 Å². The Labute approximate surface area is 514 Å². The van der Waals surface area contributed by atoms with Gasteiger partial charge in [-0.15, -0.1) is 20.5 Å². The second-order valence-electron chi connectivity index (χ2n) is 19.2. The molecule has 444 valence electrons. The minimum absolute atomic E-state index is 0.833. The average molecular weight is 1220 g/mol. The molecule has 12 rings (SSSR count). The lowest BCUT2D eigenvalue weighted by molar-refractivity contribution is -2.00. The van der Waals surface area contributed by atoms with Crippen molar-refractivity contribution in [2.75, 3.05) is 38.2 Å². The Balaban J connectivity index is 0.000000182. The molecule has 0 N–H and O–H groups in total. The number of para-hydroxylation sites is 4. The van der Waals surface area contributed by atoms with Gasteiger partial charge >= 0.3 is 0 Å². The second-order valence-corrected chi connectivity index (χ2v) is 20.8. The third-order valence-corrected chi connectivity index (χ3v) is 13.8. The predicted molar refractivity (Wildman–Crippen MR) is 325 cm³/mol. The van der Waals surface area contributed by atoms with Gasteiger partial charge in [-0.3, -0.25) is 0 Å². The standard InChI is InChI=1S/2C35H29N2O2.2ClHO4/c2*1-38-30-19-21-34-32(24-30)33-25-31(39-2)20-22-35(33)36(34)23-9-10-26-15-17-29(18-16-26)37(27-11-5-3-6-12-27)28-13-7-4-8-14-28;2*2-1(3,4)5/h2*3-25H,1-2H3;2*(H,2,3,4,5)/q2*+1;;/p-2. The van der Waals surface area contributed by atoms with Gasteiger partial charge in [-0.25, -0.2) is 37.3 Å². The molecule has 0 saturated carbocycles. The Morgan fingerprint density at radius 2 is 0.511 bits per heavy atom. The Bertz CT molecular complexity index is 3600. The zero-order valence-electron chi connectivity index (χ0n) is 48.0. The molecule has 0 spiro atoms. The van der Waals surface area contributed by atoms with Gasteiger partial charge in [0.15, 0.2) is 12.4 Å². The number of methoxy groups -OCH3 is 4. The van der Waals surface area contributed by atoms with E-state index in [4.69, 9.17) is 56.2 Å². The minimum atomic E-state index is -4.94. The Hall–Kier alpha value is -9.92. The average Bonchev–Trinajstić information content (AvgIpc) is 2.38. The van der Waals surface area contributed by atoms with E-state index in [1.165, 1.54) is 0 Å². The van der Waals surface area contributed by atoms with Crippen molar-refractivity contribution in [1.29, 1.82) is 0 Å². The van der Waals surface area contributed by atoms with E-state index in [1.807, 2.05) is 48.5 Å². The Morgan fingerprint density at radius 1 is 0.295 bits per heavy atom. The van der Waals surface area contributed by atoms with Crippen LogP contribution in [0.15, 0.2) is 255 Å². The zero-order chi connectivity index (χ0) is 62.2. The molecule has 10 aromatic carbocycles. The summed E-state index contributed by atoms with van der Waals surface area (Å²) in [6.07, 6.45) is 12.7. The molecule has 0 saturated heterocycles. The van der Waals surface area contributed by atoms with Gasteiger partial charge in [0.05, 0.1) is 50.7 Å². The summed E-state index contributed by atoms with van der Waals surface area (Å²) >= 11 is 0. The van der Waals surface area contributed by atoms with Crippen molar-refractivity contribution in [3.8, 4) is 45.3 Å². The van der Waals surface area contributed by atoms with Crippen molar-refractivity contribution in [2.24, 2.45) is 0 Å². The molecule has 2 heterocycles. The molecule has 16 nitrogen and oxygen atoms in total. The van der Waals surface area contributed by atoms with Crippen molar-refractivity contribution in [1.82, 2.24) is 9.15 Å². The molecule has 0 radical (unpaired) electrons. The molecular weight excluding hydrogens is 1160 g/mol. The minimum Gasteiger partial charge on any atom is -0.497 e. The van der Waals surface area contributed by atoms with Crippen LogP contribution in [0.2, 0.25) is 0 Å². The molecule has 0 unspecified atom stereocenters. The number of hydrogen-bond donors (Lipinski definition) is 0. The number of fused-ring (bicyclic) bond motifs is 6. The summed E-state index contributed by atoms with van der Waals surface area (Å²) in [5.74, 6) is 3.33. The highest BCUT2D eigenvalue weighted by Crippen LogP contribution is 2.49. The molecule has 10 aromatic rings. The number of allylic oxidation sites excluding steroid dienone is 2. The molecule has 2 aliphatic heterocycles. The first kappa shape index (κ1) is 62.6. The summed E-state index contributed by atoms with van der Waals surface area (Å²) in [7, 11) is -3.11. The largest absolute Gasteiger partial charge is 0.497 e. The van der Waals surface area contributed by atoms with Gasteiger partial charge in [0.2, 0.25) is 22.7 Å². The Kier molecular flexibility index (Phi) is 20.6.